The lowest BCUT2D eigenvalue weighted by Gasteiger charge is -2.59. The quantitative estimate of drug-likeness (QED) is 0.414. The number of esters is 1. The van der Waals surface area contributed by atoms with Crippen LogP contribution in [-0.2, 0) is 19.1 Å². The molecule has 3 saturated carbocycles. The van der Waals surface area contributed by atoms with Crippen LogP contribution in [0.1, 0.15) is 66.2 Å². The maximum atomic E-state index is 13.3. The van der Waals surface area contributed by atoms with Crippen LogP contribution >= 0.6 is 0 Å². The lowest BCUT2D eigenvalue weighted by Crippen LogP contribution is -2.65. The third-order valence-corrected chi connectivity index (χ3v) is 11.7. The first kappa shape index (κ1) is 23.8. The molecule has 6 rings (SSSR count). The second kappa shape index (κ2) is 7.27. The number of carbonyl (C=O) groups excluding carboxylic acids is 2. The first-order valence-corrected chi connectivity index (χ1v) is 13.2. The fourth-order valence-electron chi connectivity index (χ4n) is 9.60. The molecule has 4 aliphatic carbocycles. The van der Waals surface area contributed by atoms with Crippen LogP contribution in [0.15, 0.2) is 23.3 Å². The lowest BCUT2D eigenvalue weighted by molar-refractivity contribution is -0.192. The Bertz CT molecular complexity index is 1040. The summed E-state index contributed by atoms with van der Waals surface area (Å²) in [7, 11) is 0. The van der Waals surface area contributed by atoms with E-state index >= 15 is 0 Å². The van der Waals surface area contributed by atoms with Crippen molar-refractivity contribution in [1.82, 2.24) is 0 Å². The Morgan fingerprint density at radius 3 is 2.60 bits per heavy atom. The second-order valence-electron chi connectivity index (χ2n) is 12.7. The van der Waals surface area contributed by atoms with E-state index in [0.717, 1.165) is 31.3 Å². The van der Waals surface area contributed by atoms with Crippen LogP contribution in [0.2, 0.25) is 0 Å². The van der Waals surface area contributed by atoms with Gasteiger partial charge in [0.05, 0.1) is 11.5 Å². The van der Waals surface area contributed by atoms with E-state index in [1.165, 1.54) is 6.08 Å². The fraction of sp³-hybridized carbons (Fsp3) is 0.786. The van der Waals surface area contributed by atoms with Crippen LogP contribution in [0.4, 0.5) is 0 Å². The van der Waals surface area contributed by atoms with E-state index in [1.54, 1.807) is 19.9 Å². The molecule has 1 saturated heterocycles. The van der Waals surface area contributed by atoms with E-state index < -0.39 is 34.2 Å². The Hall–Kier alpha value is -1.54. The topological polar surface area (TPSA) is 117 Å². The van der Waals surface area contributed by atoms with Gasteiger partial charge in [0, 0.05) is 24.0 Å². The molecule has 3 N–H and O–H groups in total. The van der Waals surface area contributed by atoms with Gasteiger partial charge in [0.25, 0.3) is 0 Å². The normalized spacial score (nSPS) is 52.1. The molecule has 6 aliphatic rings. The fourth-order valence-corrected chi connectivity index (χ4v) is 9.60. The van der Waals surface area contributed by atoms with Gasteiger partial charge in [-0.05, 0) is 95.6 Å². The third-order valence-electron chi connectivity index (χ3n) is 11.7. The molecule has 1 spiro atoms. The van der Waals surface area contributed by atoms with Crippen molar-refractivity contribution in [3.05, 3.63) is 23.3 Å². The van der Waals surface area contributed by atoms with Crippen LogP contribution in [0.5, 0.6) is 0 Å². The number of aliphatic hydroxyl groups is 3. The van der Waals surface area contributed by atoms with Crippen molar-refractivity contribution in [2.24, 2.45) is 34.5 Å². The maximum absolute atomic E-state index is 13.3. The van der Waals surface area contributed by atoms with Crippen LogP contribution in [0.25, 0.3) is 0 Å². The molecule has 7 nitrogen and oxygen atoms in total. The third kappa shape index (κ3) is 2.71. The molecule has 2 aliphatic heterocycles. The molecule has 4 fully saturated rings. The highest BCUT2D eigenvalue weighted by molar-refractivity contribution is 5.98. The van der Waals surface area contributed by atoms with Crippen LogP contribution < -0.4 is 0 Å². The van der Waals surface area contributed by atoms with Crippen molar-refractivity contribution < 1.29 is 34.4 Å². The lowest BCUT2D eigenvalue weighted by atomic mass is 9.44. The Morgan fingerprint density at radius 2 is 1.91 bits per heavy atom. The summed E-state index contributed by atoms with van der Waals surface area (Å²) in [6.07, 6.45) is 5.78. The molecule has 35 heavy (non-hydrogen) atoms. The Labute approximate surface area is 206 Å². The van der Waals surface area contributed by atoms with Gasteiger partial charge in [0.2, 0.25) is 0 Å². The van der Waals surface area contributed by atoms with Gasteiger partial charge in [-0.2, -0.15) is 0 Å². The van der Waals surface area contributed by atoms with Crippen LogP contribution in [0.3, 0.4) is 0 Å². The summed E-state index contributed by atoms with van der Waals surface area (Å²) < 4.78 is 11.9. The monoisotopic (exact) mass is 486 g/mol. The first-order valence-electron chi connectivity index (χ1n) is 13.2. The summed E-state index contributed by atoms with van der Waals surface area (Å²) in [6, 6.07) is 0. The zero-order valence-electron chi connectivity index (χ0n) is 21.1. The van der Waals surface area contributed by atoms with E-state index in [0.29, 0.717) is 18.4 Å². The van der Waals surface area contributed by atoms with E-state index in [9.17, 15) is 24.9 Å². The number of allylic oxidation sites excluding steroid dienone is 1. The smallest absolute Gasteiger partial charge is 0.334 e. The van der Waals surface area contributed by atoms with Gasteiger partial charge in [-0.15, -0.1) is 0 Å². The average Bonchev–Trinajstić information content (AvgIpc) is 3.43. The van der Waals surface area contributed by atoms with Crippen LogP contribution in [0, 0.1) is 34.5 Å². The summed E-state index contributed by atoms with van der Waals surface area (Å²) in [5.41, 5.74) is -1.84. The standard InChI is InChI=1S/C28H38O7/c1-14-11-22(34-24(32)15(14)2)26(4,33)19-6-5-18-16-12-23-28(35-23)21(31)8-7-20(30)25(28,3)17(16)9-10-27(18,19)13-29/h7-8,16-19,21-23,29,31,33H,5-6,9-13H2,1-4H3/t16-,17+,18+,19-,21+,22-,23-,25+,26-,27-,28-/m1/s1. The predicted molar refractivity (Wildman–Crippen MR) is 126 cm³/mol. The molecule has 0 aromatic heterocycles. The summed E-state index contributed by atoms with van der Waals surface area (Å²) >= 11 is 0. The molecule has 0 aromatic carbocycles. The van der Waals surface area contributed by atoms with E-state index in [1.807, 2.05) is 13.8 Å². The van der Waals surface area contributed by atoms with Gasteiger partial charge < -0.3 is 24.8 Å². The summed E-state index contributed by atoms with van der Waals surface area (Å²) in [5.74, 6) is -0.202. The number of ketones is 1. The molecule has 192 valence electrons. The van der Waals surface area contributed by atoms with Gasteiger partial charge in [-0.25, -0.2) is 4.79 Å². The van der Waals surface area contributed by atoms with Crippen molar-refractivity contribution >= 4 is 11.8 Å². The zero-order valence-corrected chi connectivity index (χ0v) is 21.1. The molecule has 0 radical (unpaired) electrons. The van der Waals surface area contributed by atoms with E-state index in [4.69, 9.17) is 9.47 Å². The number of rotatable bonds is 3. The maximum Gasteiger partial charge on any atom is 0.334 e. The highest BCUT2D eigenvalue weighted by Crippen LogP contribution is 2.73. The number of hydrogen-bond acceptors (Lipinski definition) is 7. The number of ether oxygens (including phenoxy) is 2. The number of epoxide rings is 1. The Balaban J connectivity index is 1.34. The minimum atomic E-state index is -1.28. The SMILES string of the molecule is CC1=C(C)C(=O)O[C@@H]([C@](C)(O)[C@H]2CC[C@H]3[C@@H]4C[C@H]5O[C@]56[C@@H](O)C=CC(=O)[C@]6(C)[C@H]4CC[C@]23CO)C1. The summed E-state index contributed by atoms with van der Waals surface area (Å²) in [5, 5.41) is 33.7. The molecular formula is C28H38O7. The molecule has 0 bridgehead atoms. The van der Waals surface area contributed by atoms with Crippen molar-refractivity contribution in [1.29, 1.82) is 0 Å². The molecule has 0 aromatic rings. The van der Waals surface area contributed by atoms with E-state index in [2.05, 4.69) is 0 Å². The van der Waals surface area contributed by atoms with Gasteiger partial charge in [0.1, 0.15) is 23.4 Å². The van der Waals surface area contributed by atoms with Crippen molar-refractivity contribution in [3.63, 3.8) is 0 Å². The molecule has 0 amide bonds. The van der Waals surface area contributed by atoms with Gasteiger partial charge in [-0.3, -0.25) is 4.79 Å². The van der Waals surface area contributed by atoms with Gasteiger partial charge in [0.15, 0.2) is 5.78 Å². The molecule has 7 heteroatoms. The minimum Gasteiger partial charge on any atom is -0.456 e. The number of hydrogen-bond donors (Lipinski definition) is 3. The highest BCUT2D eigenvalue weighted by atomic mass is 16.6. The van der Waals surface area contributed by atoms with Crippen molar-refractivity contribution in [2.45, 2.75) is 95.7 Å². The molecule has 2 heterocycles. The second-order valence-corrected chi connectivity index (χ2v) is 12.7. The van der Waals surface area contributed by atoms with Crippen molar-refractivity contribution in [3.8, 4) is 0 Å². The summed E-state index contributed by atoms with van der Waals surface area (Å²) in [6.45, 7) is 7.38. The molecule has 11 atom stereocenters. The first-order chi connectivity index (χ1) is 16.4. The number of aliphatic hydroxyl groups excluding tert-OH is 2. The van der Waals surface area contributed by atoms with E-state index in [-0.39, 0.29) is 48.1 Å². The molecular weight excluding hydrogens is 448 g/mol. The average molecular weight is 487 g/mol. The number of cyclic esters (lactones) is 1. The number of carbonyl (C=O) groups is 2. The number of fused-ring (bicyclic) bond motifs is 4. The van der Waals surface area contributed by atoms with Gasteiger partial charge in [-0.1, -0.05) is 5.57 Å². The van der Waals surface area contributed by atoms with Gasteiger partial charge >= 0.3 is 5.97 Å². The molecule has 0 unspecified atom stereocenters. The Morgan fingerprint density at radius 1 is 1.17 bits per heavy atom. The minimum absolute atomic E-state index is 0.0322. The highest BCUT2D eigenvalue weighted by Gasteiger charge is 2.80. The largest absolute Gasteiger partial charge is 0.456 e. The van der Waals surface area contributed by atoms with Crippen LogP contribution in [-0.4, -0.2) is 63.2 Å². The summed E-state index contributed by atoms with van der Waals surface area (Å²) in [4.78, 5) is 25.8. The Kier molecular flexibility index (Phi) is 4.95. The zero-order chi connectivity index (χ0) is 25.1. The van der Waals surface area contributed by atoms with Crippen molar-refractivity contribution in [2.75, 3.05) is 6.61 Å². The predicted octanol–water partition coefficient (Wildman–Crippen LogP) is 2.47.